The third kappa shape index (κ3) is 1.39. The van der Waals surface area contributed by atoms with Crippen LogP contribution in [-0.2, 0) is 7.05 Å². The molecule has 0 N–H and O–H groups in total. The van der Waals surface area contributed by atoms with Crippen molar-refractivity contribution in [3.63, 3.8) is 0 Å². The first-order chi connectivity index (χ1) is 8.68. The van der Waals surface area contributed by atoms with Crippen molar-refractivity contribution in [3.05, 3.63) is 63.6 Å². The Morgan fingerprint density at radius 3 is 2.50 bits per heavy atom. The lowest BCUT2D eigenvalue weighted by Crippen LogP contribution is -2.39. The molecule has 3 aromatic rings. The summed E-state index contributed by atoms with van der Waals surface area (Å²) in [7, 11) is 1.72. The number of hydrogen-bond donors (Lipinski definition) is 0. The van der Waals surface area contributed by atoms with E-state index in [1.165, 1.54) is 4.52 Å². The molecule has 0 unspecified atom stereocenters. The molecule has 1 aromatic carbocycles. The first-order valence-electron chi connectivity index (χ1n) is 5.41. The molecule has 0 spiro atoms. The van der Waals surface area contributed by atoms with Crippen LogP contribution in [0.3, 0.4) is 0 Å². The zero-order valence-electron chi connectivity index (χ0n) is 9.65. The number of benzene rings is 1. The van der Waals surface area contributed by atoms with Gasteiger partial charge in [0.15, 0.2) is 5.65 Å². The molecule has 18 heavy (non-hydrogen) atoms. The number of para-hydroxylation sites is 1. The fourth-order valence-electron chi connectivity index (χ4n) is 1.91. The molecular formula is C12H10N4O2. The van der Waals surface area contributed by atoms with Gasteiger partial charge in [0.2, 0.25) is 0 Å². The molecule has 90 valence electrons. The number of rotatable bonds is 1. The summed E-state index contributed by atoms with van der Waals surface area (Å²) in [6, 6.07) is 10.4. The summed E-state index contributed by atoms with van der Waals surface area (Å²) in [5.41, 5.74) is -0.142. The zero-order valence-corrected chi connectivity index (χ0v) is 9.65. The molecule has 0 fully saturated rings. The van der Waals surface area contributed by atoms with Crippen molar-refractivity contribution in [2.75, 3.05) is 0 Å². The summed E-state index contributed by atoms with van der Waals surface area (Å²) in [5, 5.41) is 0. The number of aryl methyl sites for hydroxylation is 1. The minimum Gasteiger partial charge on any atom is -0.286 e. The van der Waals surface area contributed by atoms with Crippen LogP contribution in [0.5, 0.6) is 0 Å². The van der Waals surface area contributed by atoms with Gasteiger partial charge in [0.25, 0.3) is 0 Å². The summed E-state index contributed by atoms with van der Waals surface area (Å²) in [6.45, 7) is 0. The average Bonchev–Trinajstić information content (AvgIpc) is 2.72. The van der Waals surface area contributed by atoms with Gasteiger partial charge < -0.3 is 0 Å². The molecule has 0 aliphatic carbocycles. The average molecular weight is 242 g/mol. The number of aromatic nitrogens is 4. The molecule has 6 nitrogen and oxygen atoms in total. The fourth-order valence-corrected chi connectivity index (χ4v) is 1.91. The Bertz CT molecular complexity index is 827. The first kappa shape index (κ1) is 10.5. The maximum Gasteiger partial charge on any atom is 0.358 e. The molecule has 0 saturated heterocycles. The van der Waals surface area contributed by atoms with Crippen LogP contribution in [0.2, 0.25) is 0 Å². The number of hydrogen-bond acceptors (Lipinski definition) is 3. The highest BCUT2D eigenvalue weighted by molar-refractivity contribution is 5.37. The van der Waals surface area contributed by atoms with Crippen LogP contribution in [0.1, 0.15) is 0 Å². The van der Waals surface area contributed by atoms with Crippen molar-refractivity contribution in [1.82, 2.24) is 18.7 Å². The second-order valence-corrected chi connectivity index (χ2v) is 3.91. The van der Waals surface area contributed by atoms with Gasteiger partial charge in [-0.05, 0) is 12.1 Å². The second kappa shape index (κ2) is 3.69. The second-order valence-electron chi connectivity index (χ2n) is 3.91. The van der Waals surface area contributed by atoms with Crippen molar-refractivity contribution in [3.8, 4) is 5.69 Å². The molecule has 2 aromatic heterocycles. The molecule has 2 heterocycles. The molecule has 0 saturated carbocycles. The van der Waals surface area contributed by atoms with E-state index < -0.39 is 11.4 Å². The molecular weight excluding hydrogens is 232 g/mol. The van der Waals surface area contributed by atoms with Crippen LogP contribution in [-0.4, -0.2) is 18.7 Å². The summed E-state index contributed by atoms with van der Waals surface area (Å²) in [4.78, 5) is 28.1. The summed E-state index contributed by atoms with van der Waals surface area (Å²) in [6.07, 6.45) is 1.68. The predicted molar refractivity (Wildman–Crippen MR) is 66.0 cm³/mol. The normalized spacial score (nSPS) is 10.9. The molecule has 0 aliphatic rings. The van der Waals surface area contributed by atoms with Gasteiger partial charge in [-0.1, -0.05) is 18.2 Å². The van der Waals surface area contributed by atoms with Crippen molar-refractivity contribution >= 4 is 5.65 Å². The molecule has 0 amide bonds. The van der Waals surface area contributed by atoms with E-state index >= 15 is 0 Å². The van der Waals surface area contributed by atoms with Crippen LogP contribution in [0.15, 0.2) is 52.2 Å². The smallest absolute Gasteiger partial charge is 0.286 e. The molecule has 6 heteroatoms. The summed E-state index contributed by atoms with van der Waals surface area (Å²) >= 11 is 0. The van der Waals surface area contributed by atoms with E-state index in [1.54, 1.807) is 48.3 Å². The Kier molecular flexibility index (Phi) is 2.16. The van der Waals surface area contributed by atoms with E-state index in [0.29, 0.717) is 11.3 Å². The third-order valence-electron chi connectivity index (χ3n) is 2.76. The van der Waals surface area contributed by atoms with Crippen molar-refractivity contribution < 1.29 is 0 Å². The highest BCUT2D eigenvalue weighted by atomic mass is 16.2. The Morgan fingerprint density at radius 1 is 1.06 bits per heavy atom. The van der Waals surface area contributed by atoms with Crippen LogP contribution < -0.4 is 11.4 Å². The van der Waals surface area contributed by atoms with Gasteiger partial charge in [0, 0.05) is 19.3 Å². The van der Waals surface area contributed by atoms with Gasteiger partial charge in [0.1, 0.15) is 0 Å². The van der Waals surface area contributed by atoms with Gasteiger partial charge in [0.05, 0.1) is 5.69 Å². The molecule has 0 aliphatic heterocycles. The molecule has 3 rings (SSSR count). The maximum atomic E-state index is 12.3. The highest BCUT2D eigenvalue weighted by Gasteiger charge is 2.10. The summed E-state index contributed by atoms with van der Waals surface area (Å²) in [5.74, 6) is 0. The van der Waals surface area contributed by atoms with Crippen molar-refractivity contribution in [2.24, 2.45) is 7.05 Å². The zero-order chi connectivity index (χ0) is 12.7. The lowest BCUT2D eigenvalue weighted by molar-refractivity contribution is 0.631. The molecule has 0 radical (unpaired) electrons. The SMILES string of the molecule is Cn1ccc2nc(=O)n(-c3ccccc3)c(=O)n21. The fraction of sp³-hybridized carbons (Fsp3) is 0.0833. The van der Waals surface area contributed by atoms with E-state index in [2.05, 4.69) is 4.98 Å². The predicted octanol–water partition coefficient (Wildman–Crippen LogP) is 0.184. The van der Waals surface area contributed by atoms with Gasteiger partial charge in [-0.3, -0.25) is 4.68 Å². The molecule has 0 bridgehead atoms. The van der Waals surface area contributed by atoms with E-state index in [0.717, 1.165) is 4.57 Å². The Labute approximate surface area is 101 Å². The highest BCUT2D eigenvalue weighted by Crippen LogP contribution is 2.01. The number of nitrogens with zero attached hydrogens (tertiary/aromatic N) is 4. The third-order valence-corrected chi connectivity index (χ3v) is 2.76. The van der Waals surface area contributed by atoms with Gasteiger partial charge in [-0.15, -0.1) is 0 Å². The monoisotopic (exact) mass is 242 g/mol. The standard InChI is InChI=1S/C12H10N4O2/c1-14-8-7-10-13-11(17)15(12(18)16(10)14)9-5-3-2-4-6-9/h2-8H,1H3. The Morgan fingerprint density at radius 2 is 1.78 bits per heavy atom. The maximum absolute atomic E-state index is 12.3. The largest absolute Gasteiger partial charge is 0.358 e. The van der Waals surface area contributed by atoms with Crippen molar-refractivity contribution in [2.45, 2.75) is 0 Å². The minimum atomic E-state index is -0.572. The quantitative estimate of drug-likeness (QED) is 0.611. The van der Waals surface area contributed by atoms with Crippen LogP contribution in [0.25, 0.3) is 11.3 Å². The lowest BCUT2D eigenvalue weighted by Gasteiger charge is -2.05. The van der Waals surface area contributed by atoms with E-state index in [-0.39, 0.29) is 0 Å². The topological polar surface area (TPSA) is 61.3 Å². The number of fused-ring (bicyclic) bond motifs is 1. The molecule has 0 atom stereocenters. The van der Waals surface area contributed by atoms with Crippen LogP contribution in [0.4, 0.5) is 0 Å². The van der Waals surface area contributed by atoms with Gasteiger partial charge in [-0.25, -0.2) is 14.2 Å². The minimum absolute atomic E-state index is 0.347. The Hall–Kier alpha value is -2.63. The van der Waals surface area contributed by atoms with Crippen LogP contribution >= 0.6 is 0 Å². The van der Waals surface area contributed by atoms with Crippen LogP contribution in [0, 0.1) is 0 Å². The van der Waals surface area contributed by atoms with Gasteiger partial charge >= 0.3 is 11.4 Å². The summed E-state index contributed by atoms with van der Waals surface area (Å²) < 4.78 is 3.98. The van der Waals surface area contributed by atoms with E-state index in [9.17, 15) is 9.59 Å². The Balaban J connectivity index is 2.47. The first-order valence-corrected chi connectivity index (χ1v) is 5.41. The van der Waals surface area contributed by atoms with E-state index in [1.807, 2.05) is 6.07 Å². The van der Waals surface area contributed by atoms with Gasteiger partial charge in [-0.2, -0.15) is 9.50 Å². The van der Waals surface area contributed by atoms with E-state index in [4.69, 9.17) is 0 Å². The lowest BCUT2D eigenvalue weighted by atomic mass is 10.3. The van der Waals surface area contributed by atoms with Crippen molar-refractivity contribution in [1.29, 1.82) is 0 Å².